The van der Waals surface area contributed by atoms with Crippen molar-refractivity contribution in [2.45, 2.75) is 20.8 Å². The molecule has 3 heteroatoms. The van der Waals surface area contributed by atoms with Crippen LogP contribution >= 0.6 is 0 Å². The van der Waals surface area contributed by atoms with Crippen LogP contribution in [-0.4, -0.2) is 19.4 Å². The number of benzene rings is 2. The second-order valence-electron chi connectivity index (χ2n) is 5.50. The molecule has 2 nitrogen and oxygen atoms in total. The Balaban J connectivity index is 2.25. The lowest BCUT2D eigenvalue weighted by atomic mass is 9.96. The molecular weight excluding hydrogens is 265 g/mol. The molecule has 0 atom stereocenters. The number of hydrogen-bond acceptors (Lipinski definition) is 2. The number of para-hydroxylation sites is 1. The number of hydrogen-bond donors (Lipinski definition) is 0. The van der Waals surface area contributed by atoms with Gasteiger partial charge < -0.3 is 4.90 Å². The molecule has 110 valence electrons. The molecule has 0 aliphatic rings. The Bertz CT molecular complexity index is 656. The van der Waals surface area contributed by atoms with Crippen LogP contribution in [-0.2, 0) is 0 Å². The number of rotatable bonds is 4. The summed E-state index contributed by atoms with van der Waals surface area (Å²) < 4.78 is 13.8. The first kappa shape index (κ1) is 15.2. The van der Waals surface area contributed by atoms with Crippen molar-refractivity contribution in [1.29, 1.82) is 0 Å². The zero-order valence-electron chi connectivity index (χ0n) is 12.9. The molecule has 2 rings (SSSR count). The Morgan fingerprint density at radius 1 is 1.10 bits per heavy atom. The summed E-state index contributed by atoms with van der Waals surface area (Å²) in [6.45, 7) is 6.05. The van der Waals surface area contributed by atoms with Crippen LogP contribution < -0.4 is 4.90 Å². The molecule has 0 amide bonds. The molecule has 0 saturated heterocycles. The lowest BCUT2D eigenvalue weighted by molar-refractivity contribution is 0.0999. The van der Waals surface area contributed by atoms with Crippen LogP contribution in [0.15, 0.2) is 36.4 Å². The Morgan fingerprint density at radius 2 is 1.67 bits per heavy atom. The van der Waals surface area contributed by atoms with Crippen molar-refractivity contribution >= 4 is 11.5 Å². The summed E-state index contributed by atoms with van der Waals surface area (Å²) in [5, 5.41) is 0. The summed E-state index contributed by atoms with van der Waals surface area (Å²) in [4.78, 5) is 14.2. The van der Waals surface area contributed by atoms with Gasteiger partial charge in [-0.3, -0.25) is 4.79 Å². The van der Waals surface area contributed by atoms with E-state index in [4.69, 9.17) is 0 Å². The first-order chi connectivity index (χ1) is 9.90. The zero-order valence-corrected chi connectivity index (χ0v) is 12.9. The van der Waals surface area contributed by atoms with Crippen molar-refractivity contribution < 1.29 is 9.18 Å². The SMILES string of the molecule is Cc1cc(C)c(C(=O)CN(C)c2ccccc2F)c(C)c1. The number of carbonyl (C=O) groups is 1. The van der Waals surface area contributed by atoms with Gasteiger partial charge in [-0.05, 0) is 44.0 Å². The van der Waals surface area contributed by atoms with Gasteiger partial charge in [0.2, 0.25) is 0 Å². The smallest absolute Gasteiger partial charge is 0.182 e. The van der Waals surface area contributed by atoms with E-state index in [1.165, 1.54) is 6.07 Å². The first-order valence-corrected chi connectivity index (χ1v) is 6.97. The number of aryl methyl sites for hydroxylation is 3. The highest BCUT2D eigenvalue weighted by atomic mass is 19.1. The quantitative estimate of drug-likeness (QED) is 0.789. The first-order valence-electron chi connectivity index (χ1n) is 6.97. The van der Waals surface area contributed by atoms with Gasteiger partial charge >= 0.3 is 0 Å². The predicted molar refractivity (Wildman–Crippen MR) is 84.7 cm³/mol. The van der Waals surface area contributed by atoms with E-state index in [1.54, 1.807) is 30.1 Å². The predicted octanol–water partition coefficient (Wildman–Crippen LogP) is 4.07. The average Bonchev–Trinajstić information content (AvgIpc) is 2.37. The fraction of sp³-hybridized carbons (Fsp3) is 0.278. The molecule has 0 N–H and O–H groups in total. The second-order valence-corrected chi connectivity index (χ2v) is 5.50. The lowest BCUT2D eigenvalue weighted by Gasteiger charge is -2.20. The molecule has 21 heavy (non-hydrogen) atoms. The Morgan fingerprint density at radius 3 is 2.24 bits per heavy atom. The summed E-state index contributed by atoms with van der Waals surface area (Å²) in [5.41, 5.74) is 4.26. The Hall–Kier alpha value is -2.16. The summed E-state index contributed by atoms with van der Waals surface area (Å²) in [6.07, 6.45) is 0. The van der Waals surface area contributed by atoms with Crippen LogP contribution in [0.2, 0.25) is 0 Å². The van der Waals surface area contributed by atoms with Gasteiger partial charge in [-0.25, -0.2) is 4.39 Å². The van der Waals surface area contributed by atoms with Crippen molar-refractivity contribution in [1.82, 2.24) is 0 Å². The second kappa shape index (κ2) is 6.08. The van der Waals surface area contributed by atoms with Crippen LogP contribution in [0.5, 0.6) is 0 Å². The summed E-state index contributed by atoms with van der Waals surface area (Å²) in [6, 6.07) is 10.5. The maximum atomic E-state index is 13.8. The third kappa shape index (κ3) is 3.30. The van der Waals surface area contributed by atoms with E-state index < -0.39 is 0 Å². The third-order valence-corrected chi connectivity index (χ3v) is 3.60. The molecule has 0 aliphatic carbocycles. The fourth-order valence-corrected chi connectivity index (χ4v) is 2.76. The van der Waals surface area contributed by atoms with E-state index in [2.05, 4.69) is 0 Å². The molecular formula is C18H20FNO. The van der Waals surface area contributed by atoms with Gasteiger partial charge in [0.1, 0.15) is 5.82 Å². The number of anilines is 1. The molecule has 2 aromatic rings. The Labute approximate surface area is 125 Å². The minimum Gasteiger partial charge on any atom is -0.365 e. The number of carbonyl (C=O) groups excluding carboxylic acids is 1. The Kier molecular flexibility index (Phi) is 4.41. The number of likely N-dealkylation sites (N-methyl/N-ethyl adjacent to an activating group) is 1. The monoisotopic (exact) mass is 285 g/mol. The van der Waals surface area contributed by atoms with Crippen LogP contribution in [0.1, 0.15) is 27.0 Å². The molecule has 0 saturated carbocycles. The van der Waals surface area contributed by atoms with Crippen LogP contribution in [0.25, 0.3) is 0 Å². The standard InChI is InChI=1S/C18H20FNO/c1-12-9-13(2)18(14(3)10-12)17(21)11-20(4)16-8-6-5-7-15(16)19/h5-10H,11H2,1-4H3. The molecule has 0 fully saturated rings. The topological polar surface area (TPSA) is 20.3 Å². The molecule has 0 unspecified atom stereocenters. The van der Waals surface area contributed by atoms with Gasteiger partial charge in [-0.1, -0.05) is 29.8 Å². The van der Waals surface area contributed by atoms with Gasteiger partial charge in [0, 0.05) is 12.6 Å². The number of nitrogens with zero attached hydrogens (tertiary/aromatic N) is 1. The van der Waals surface area contributed by atoms with E-state index >= 15 is 0 Å². The highest BCUT2D eigenvalue weighted by molar-refractivity contribution is 6.01. The van der Waals surface area contributed by atoms with Crippen molar-refractivity contribution in [2.24, 2.45) is 0 Å². The van der Waals surface area contributed by atoms with Crippen molar-refractivity contribution in [2.75, 3.05) is 18.5 Å². The van der Waals surface area contributed by atoms with Gasteiger partial charge in [0.05, 0.1) is 12.2 Å². The molecule has 2 aromatic carbocycles. The van der Waals surface area contributed by atoms with E-state index in [0.717, 1.165) is 22.3 Å². The summed E-state index contributed by atoms with van der Waals surface area (Å²) >= 11 is 0. The normalized spacial score (nSPS) is 10.5. The van der Waals surface area contributed by atoms with Crippen molar-refractivity contribution in [3.63, 3.8) is 0 Å². The van der Waals surface area contributed by atoms with E-state index in [9.17, 15) is 9.18 Å². The fourth-order valence-electron chi connectivity index (χ4n) is 2.76. The van der Waals surface area contributed by atoms with Gasteiger partial charge in [0.15, 0.2) is 5.78 Å². The van der Waals surface area contributed by atoms with Gasteiger partial charge in [0.25, 0.3) is 0 Å². The minimum absolute atomic E-state index is 0.00996. The molecule has 0 heterocycles. The number of ketones is 1. The van der Waals surface area contributed by atoms with Crippen LogP contribution in [0, 0.1) is 26.6 Å². The minimum atomic E-state index is -0.315. The highest BCUT2D eigenvalue weighted by Gasteiger charge is 2.16. The largest absolute Gasteiger partial charge is 0.365 e. The maximum Gasteiger partial charge on any atom is 0.182 e. The zero-order chi connectivity index (χ0) is 15.6. The molecule has 0 aliphatic heterocycles. The highest BCUT2D eigenvalue weighted by Crippen LogP contribution is 2.20. The van der Waals surface area contributed by atoms with E-state index in [1.807, 2.05) is 32.9 Å². The number of Topliss-reactive ketones (excluding diaryl/α,β-unsaturated/α-hetero) is 1. The van der Waals surface area contributed by atoms with E-state index in [0.29, 0.717) is 5.69 Å². The van der Waals surface area contributed by atoms with Crippen molar-refractivity contribution in [3.05, 3.63) is 64.5 Å². The molecule has 0 spiro atoms. The summed E-state index contributed by atoms with van der Waals surface area (Å²) in [7, 11) is 1.73. The van der Waals surface area contributed by atoms with Gasteiger partial charge in [-0.15, -0.1) is 0 Å². The van der Waals surface area contributed by atoms with Crippen LogP contribution in [0.3, 0.4) is 0 Å². The van der Waals surface area contributed by atoms with Crippen LogP contribution in [0.4, 0.5) is 10.1 Å². The van der Waals surface area contributed by atoms with Crippen molar-refractivity contribution in [3.8, 4) is 0 Å². The van der Waals surface area contributed by atoms with Gasteiger partial charge in [-0.2, -0.15) is 0 Å². The number of halogens is 1. The summed E-state index contributed by atoms with van der Waals surface area (Å²) in [5.74, 6) is -0.305. The van der Waals surface area contributed by atoms with E-state index in [-0.39, 0.29) is 18.1 Å². The average molecular weight is 285 g/mol. The molecule has 0 radical (unpaired) electrons. The molecule has 0 bridgehead atoms. The third-order valence-electron chi connectivity index (χ3n) is 3.60. The maximum absolute atomic E-state index is 13.8. The lowest BCUT2D eigenvalue weighted by Crippen LogP contribution is -2.27. The molecule has 0 aromatic heterocycles.